The lowest BCUT2D eigenvalue weighted by Crippen LogP contribution is -2.05. The van der Waals surface area contributed by atoms with Crippen LogP contribution >= 0.6 is 15.9 Å². The number of halogens is 1. The van der Waals surface area contributed by atoms with E-state index in [0.29, 0.717) is 22.9 Å². The fourth-order valence-electron chi connectivity index (χ4n) is 1.48. The van der Waals surface area contributed by atoms with Crippen LogP contribution in [0.2, 0.25) is 0 Å². The molecule has 0 atom stereocenters. The van der Waals surface area contributed by atoms with Gasteiger partial charge in [-0.15, -0.1) is 0 Å². The Labute approximate surface area is 96.5 Å². The number of hydrogen-bond donors (Lipinski definition) is 1. The summed E-state index contributed by atoms with van der Waals surface area (Å²) >= 11 is 3.25. The zero-order valence-corrected chi connectivity index (χ0v) is 9.84. The van der Waals surface area contributed by atoms with Crippen LogP contribution in [0.4, 0.5) is 0 Å². The van der Waals surface area contributed by atoms with Gasteiger partial charge in [-0.2, -0.15) is 5.26 Å². The number of benzene rings is 1. The Morgan fingerprint density at radius 2 is 2.27 bits per heavy atom. The number of hydrogen-bond acceptors (Lipinski definition) is 2. The fraction of sp³-hybridized carbons (Fsp3) is 0.273. The quantitative estimate of drug-likeness (QED) is 0.857. The van der Waals surface area contributed by atoms with Crippen molar-refractivity contribution in [3.05, 3.63) is 34.4 Å². The number of carbonyl (C=O) groups is 1. The van der Waals surface area contributed by atoms with Crippen LogP contribution in [0.25, 0.3) is 0 Å². The second kappa shape index (κ2) is 4.94. The summed E-state index contributed by atoms with van der Waals surface area (Å²) in [5, 5.41) is 18.5. The van der Waals surface area contributed by atoms with Crippen molar-refractivity contribution >= 4 is 21.9 Å². The van der Waals surface area contributed by atoms with Gasteiger partial charge in [-0.05, 0) is 29.7 Å². The van der Waals surface area contributed by atoms with Gasteiger partial charge in [-0.1, -0.05) is 22.9 Å². The van der Waals surface area contributed by atoms with Crippen molar-refractivity contribution in [3.63, 3.8) is 0 Å². The van der Waals surface area contributed by atoms with Crippen molar-refractivity contribution in [2.75, 3.05) is 0 Å². The number of rotatable bonds is 3. The van der Waals surface area contributed by atoms with Gasteiger partial charge in [0.1, 0.15) is 0 Å². The maximum atomic E-state index is 11.0. The second-order valence-corrected chi connectivity index (χ2v) is 3.63. The number of carboxylic acids is 1. The Morgan fingerprint density at radius 3 is 2.67 bits per heavy atom. The fourth-order valence-corrected chi connectivity index (χ4v) is 1.80. The van der Waals surface area contributed by atoms with E-state index < -0.39 is 5.97 Å². The summed E-state index contributed by atoms with van der Waals surface area (Å²) in [7, 11) is 0. The predicted octanol–water partition coefficient (Wildman–Crippen LogP) is 2.71. The molecule has 0 saturated heterocycles. The lowest BCUT2D eigenvalue weighted by molar-refractivity contribution is 0.0695. The molecule has 0 unspecified atom stereocenters. The highest BCUT2D eigenvalue weighted by Gasteiger charge is 2.14. The van der Waals surface area contributed by atoms with Gasteiger partial charge in [-0.25, -0.2) is 4.79 Å². The standard InChI is InChI=1S/C11H10BrNO2/c1-2-9-8(6-13)3-7(5-12)4-10(9)11(14)15/h3-4H,2,5H2,1H3,(H,14,15). The number of nitriles is 1. The Kier molecular flexibility index (Phi) is 3.87. The van der Waals surface area contributed by atoms with E-state index in [-0.39, 0.29) is 5.56 Å². The first-order valence-electron chi connectivity index (χ1n) is 4.49. The molecule has 1 rings (SSSR count). The average molecular weight is 268 g/mol. The van der Waals surface area contributed by atoms with Crippen LogP contribution in [0.1, 0.15) is 34.0 Å². The molecule has 0 aromatic heterocycles. The van der Waals surface area contributed by atoms with Crippen LogP contribution in [0.15, 0.2) is 12.1 Å². The van der Waals surface area contributed by atoms with Gasteiger partial charge >= 0.3 is 5.97 Å². The molecule has 15 heavy (non-hydrogen) atoms. The lowest BCUT2D eigenvalue weighted by Gasteiger charge is -2.07. The average Bonchev–Trinajstić information content (AvgIpc) is 2.26. The van der Waals surface area contributed by atoms with Crippen molar-refractivity contribution in [1.82, 2.24) is 0 Å². The molecule has 0 heterocycles. The summed E-state index contributed by atoms with van der Waals surface area (Å²) < 4.78 is 0. The second-order valence-electron chi connectivity index (χ2n) is 3.07. The molecule has 0 spiro atoms. The Morgan fingerprint density at radius 1 is 1.60 bits per heavy atom. The van der Waals surface area contributed by atoms with Crippen molar-refractivity contribution < 1.29 is 9.90 Å². The van der Waals surface area contributed by atoms with Gasteiger partial charge in [0.05, 0.1) is 17.2 Å². The van der Waals surface area contributed by atoms with Crippen LogP contribution in [0, 0.1) is 11.3 Å². The minimum Gasteiger partial charge on any atom is -0.478 e. The van der Waals surface area contributed by atoms with E-state index in [9.17, 15) is 4.79 Å². The van der Waals surface area contributed by atoms with Crippen LogP contribution in [0.5, 0.6) is 0 Å². The van der Waals surface area contributed by atoms with Crippen LogP contribution < -0.4 is 0 Å². The molecule has 78 valence electrons. The topological polar surface area (TPSA) is 61.1 Å². The highest BCUT2D eigenvalue weighted by Crippen LogP contribution is 2.20. The largest absolute Gasteiger partial charge is 0.478 e. The minimum atomic E-state index is -0.980. The van der Waals surface area contributed by atoms with Crippen molar-refractivity contribution in [2.45, 2.75) is 18.7 Å². The Bertz CT molecular complexity index is 435. The highest BCUT2D eigenvalue weighted by atomic mass is 79.9. The first-order chi connectivity index (χ1) is 7.13. The molecule has 0 bridgehead atoms. The monoisotopic (exact) mass is 267 g/mol. The molecular formula is C11H10BrNO2. The van der Waals surface area contributed by atoms with Crippen molar-refractivity contribution in [3.8, 4) is 6.07 Å². The third-order valence-corrected chi connectivity index (χ3v) is 2.82. The molecule has 0 saturated carbocycles. The molecular weight excluding hydrogens is 258 g/mol. The van der Waals surface area contributed by atoms with Crippen molar-refractivity contribution in [1.29, 1.82) is 5.26 Å². The number of alkyl halides is 1. The number of aromatic carboxylic acids is 1. The van der Waals surface area contributed by atoms with Gasteiger partial charge in [0, 0.05) is 5.33 Å². The van der Waals surface area contributed by atoms with Gasteiger partial charge in [-0.3, -0.25) is 0 Å². The maximum Gasteiger partial charge on any atom is 0.336 e. The van der Waals surface area contributed by atoms with Crippen LogP contribution in [0.3, 0.4) is 0 Å². The summed E-state index contributed by atoms with van der Waals surface area (Å²) in [6, 6.07) is 5.36. The lowest BCUT2D eigenvalue weighted by atomic mass is 9.97. The SMILES string of the molecule is CCc1c(C#N)cc(CBr)cc1C(=O)O. The smallest absolute Gasteiger partial charge is 0.336 e. The molecule has 0 radical (unpaired) electrons. The van der Waals surface area contributed by atoms with E-state index in [1.807, 2.05) is 13.0 Å². The van der Waals surface area contributed by atoms with E-state index in [0.717, 1.165) is 5.56 Å². The van der Waals surface area contributed by atoms with Crippen molar-refractivity contribution in [2.24, 2.45) is 0 Å². The molecule has 0 aliphatic rings. The van der Waals surface area contributed by atoms with E-state index >= 15 is 0 Å². The van der Waals surface area contributed by atoms with E-state index in [1.165, 1.54) is 0 Å². The summed E-state index contributed by atoms with van der Waals surface area (Å²) in [6.45, 7) is 1.84. The highest BCUT2D eigenvalue weighted by molar-refractivity contribution is 9.08. The molecule has 4 heteroatoms. The molecule has 1 N–H and O–H groups in total. The van der Waals surface area contributed by atoms with Gasteiger partial charge in [0.2, 0.25) is 0 Å². The first kappa shape index (κ1) is 11.7. The zero-order valence-electron chi connectivity index (χ0n) is 8.25. The molecule has 0 aliphatic heterocycles. The molecule has 0 amide bonds. The molecule has 0 aliphatic carbocycles. The van der Waals surface area contributed by atoms with Gasteiger partial charge < -0.3 is 5.11 Å². The van der Waals surface area contributed by atoms with Gasteiger partial charge in [0.15, 0.2) is 0 Å². The molecule has 3 nitrogen and oxygen atoms in total. The molecule has 1 aromatic carbocycles. The van der Waals surface area contributed by atoms with Crippen LogP contribution in [-0.2, 0) is 11.8 Å². The third kappa shape index (κ3) is 2.37. The Hall–Kier alpha value is -1.34. The normalized spacial score (nSPS) is 9.67. The van der Waals surface area contributed by atoms with E-state index in [4.69, 9.17) is 10.4 Å². The Balaban J connectivity index is 3.48. The van der Waals surface area contributed by atoms with E-state index in [2.05, 4.69) is 15.9 Å². The summed E-state index contributed by atoms with van der Waals surface area (Å²) in [5.74, 6) is -0.980. The number of nitrogens with zero attached hydrogens (tertiary/aromatic N) is 1. The molecule has 1 aromatic rings. The predicted molar refractivity (Wildman–Crippen MR) is 60.1 cm³/mol. The summed E-state index contributed by atoms with van der Waals surface area (Å²) in [4.78, 5) is 11.0. The maximum absolute atomic E-state index is 11.0. The van der Waals surface area contributed by atoms with Gasteiger partial charge in [0.25, 0.3) is 0 Å². The third-order valence-electron chi connectivity index (χ3n) is 2.17. The van der Waals surface area contributed by atoms with Crippen LogP contribution in [-0.4, -0.2) is 11.1 Å². The summed E-state index contributed by atoms with van der Waals surface area (Å²) in [5.41, 5.74) is 2.09. The first-order valence-corrected chi connectivity index (χ1v) is 5.61. The number of carboxylic acid groups (broad SMARTS) is 1. The molecule has 0 fully saturated rings. The zero-order chi connectivity index (χ0) is 11.4. The summed E-state index contributed by atoms with van der Waals surface area (Å²) in [6.07, 6.45) is 0.549. The minimum absolute atomic E-state index is 0.228. The van der Waals surface area contributed by atoms with E-state index in [1.54, 1.807) is 12.1 Å².